The second-order valence-corrected chi connectivity index (χ2v) is 21.3. The van der Waals surface area contributed by atoms with Gasteiger partial charge in [-0.3, -0.25) is 9.59 Å². The molecule has 0 saturated carbocycles. The molecule has 2 unspecified atom stereocenters. The van der Waals surface area contributed by atoms with E-state index >= 15 is 0 Å². The molecule has 0 aromatic heterocycles. The minimum Gasteiger partial charge on any atom is -0.545 e. The summed E-state index contributed by atoms with van der Waals surface area (Å²) in [6, 6.07) is 0. The summed E-state index contributed by atoms with van der Waals surface area (Å²) in [7, 11) is 5.89. The molecular formula is C64H113NO8. The van der Waals surface area contributed by atoms with Crippen LogP contribution < -0.4 is 5.11 Å². The molecule has 9 nitrogen and oxygen atoms in total. The van der Waals surface area contributed by atoms with E-state index in [2.05, 4.69) is 74.6 Å². The van der Waals surface area contributed by atoms with Gasteiger partial charge in [-0.15, -0.1) is 0 Å². The fourth-order valence-electron chi connectivity index (χ4n) is 8.35. The van der Waals surface area contributed by atoms with E-state index in [1.807, 2.05) is 33.3 Å². The molecule has 0 N–H and O–H groups in total. The minimum absolute atomic E-state index is 0.126. The number of likely N-dealkylation sites (N-methyl/N-ethyl adjacent to an activating group) is 1. The highest BCUT2D eigenvalue weighted by atomic mass is 16.7. The van der Waals surface area contributed by atoms with Crippen molar-refractivity contribution in [2.45, 2.75) is 270 Å². The monoisotopic (exact) mass is 1020 g/mol. The first kappa shape index (κ1) is 69.7. The lowest BCUT2D eigenvalue weighted by atomic mass is 10.0. The van der Waals surface area contributed by atoms with Gasteiger partial charge in [0.1, 0.15) is 13.2 Å². The third kappa shape index (κ3) is 56.3. The van der Waals surface area contributed by atoms with Gasteiger partial charge in [0.15, 0.2) is 12.4 Å². The molecule has 0 aliphatic carbocycles. The highest BCUT2D eigenvalue weighted by Crippen LogP contribution is 2.17. The maximum atomic E-state index is 12.7. The van der Waals surface area contributed by atoms with Crippen LogP contribution in [0.1, 0.15) is 258 Å². The quantitative estimate of drug-likeness (QED) is 0.0195. The van der Waals surface area contributed by atoms with Crippen molar-refractivity contribution in [1.29, 1.82) is 0 Å². The minimum atomic E-state index is -1.64. The number of carboxylic acids is 1. The number of carboxylic acid groups (broad SMARTS) is 1. The fraction of sp³-hybridized carbons (Fsp3) is 0.766. The molecular weight excluding hydrogens is 911 g/mol. The molecule has 9 heteroatoms. The number of rotatable bonds is 55. The van der Waals surface area contributed by atoms with E-state index in [-0.39, 0.29) is 38.6 Å². The van der Waals surface area contributed by atoms with Crippen LogP contribution in [0.2, 0.25) is 0 Å². The fourth-order valence-corrected chi connectivity index (χ4v) is 8.35. The summed E-state index contributed by atoms with van der Waals surface area (Å²) in [6.07, 6.45) is 68.7. The number of nitrogens with zero attached hydrogens (tertiary/aromatic N) is 1. The van der Waals surface area contributed by atoms with E-state index in [0.717, 1.165) is 51.4 Å². The predicted molar refractivity (Wildman–Crippen MR) is 306 cm³/mol. The molecule has 0 aliphatic heterocycles. The zero-order valence-corrected chi connectivity index (χ0v) is 48.0. The van der Waals surface area contributed by atoms with Crippen molar-refractivity contribution < 1.29 is 42.9 Å². The number of aliphatic carboxylic acids is 1. The summed E-state index contributed by atoms with van der Waals surface area (Å²) in [4.78, 5) is 37.1. The largest absolute Gasteiger partial charge is 0.545 e. The molecule has 0 amide bonds. The van der Waals surface area contributed by atoms with Gasteiger partial charge in [-0.2, -0.15) is 0 Å². The SMILES string of the molecule is CC/C=C\C/C=C\C/C=C\C/C=C\CCC(=O)OC(COC(=O)CCCCCCCCCCCCCCCCCCCCCCCCC/C=C\C/C=C\CCCCCCC)COC(OCC[N+](C)(C)C)C(=O)[O-]. The summed E-state index contributed by atoms with van der Waals surface area (Å²) in [5, 5.41) is 11.7. The molecule has 0 radical (unpaired) electrons. The average Bonchev–Trinajstić information content (AvgIpc) is 3.36. The van der Waals surface area contributed by atoms with Gasteiger partial charge in [-0.1, -0.05) is 247 Å². The third-order valence-electron chi connectivity index (χ3n) is 13.0. The van der Waals surface area contributed by atoms with Crippen LogP contribution in [0.15, 0.2) is 72.9 Å². The third-order valence-corrected chi connectivity index (χ3v) is 13.0. The molecule has 422 valence electrons. The van der Waals surface area contributed by atoms with E-state index in [9.17, 15) is 19.5 Å². The number of hydrogen-bond donors (Lipinski definition) is 0. The first-order valence-corrected chi connectivity index (χ1v) is 30.1. The van der Waals surface area contributed by atoms with Crippen molar-refractivity contribution in [3.63, 3.8) is 0 Å². The highest BCUT2D eigenvalue weighted by Gasteiger charge is 2.21. The molecule has 0 aromatic carbocycles. The van der Waals surface area contributed by atoms with Gasteiger partial charge in [0.2, 0.25) is 0 Å². The molecule has 0 rings (SSSR count). The van der Waals surface area contributed by atoms with Crippen molar-refractivity contribution in [1.82, 2.24) is 0 Å². The van der Waals surface area contributed by atoms with E-state index in [4.69, 9.17) is 18.9 Å². The molecule has 0 aromatic rings. The van der Waals surface area contributed by atoms with Crippen LogP contribution in [0.4, 0.5) is 0 Å². The van der Waals surface area contributed by atoms with Gasteiger partial charge < -0.3 is 33.3 Å². The Morgan fingerprint density at radius 3 is 1.22 bits per heavy atom. The van der Waals surface area contributed by atoms with Crippen LogP contribution in [0.3, 0.4) is 0 Å². The summed E-state index contributed by atoms with van der Waals surface area (Å²) in [5.74, 6) is -2.39. The molecule has 0 fully saturated rings. The topological polar surface area (TPSA) is 111 Å². The number of quaternary nitrogens is 1. The Kier molecular flexibility index (Phi) is 52.5. The van der Waals surface area contributed by atoms with Gasteiger partial charge >= 0.3 is 11.9 Å². The van der Waals surface area contributed by atoms with Crippen LogP contribution in [0.5, 0.6) is 0 Å². The lowest BCUT2D eigenvalue weighted by Crippen LogP contribution is -2.44. The molecule has 73 heavy (non-hydrogen) atoms. The van der Waals surface area contributed by atoms with Gasteiger partial charge in [0.25, 0.3) is 0 Å². The first-order valence-electron chi connectivity index (χ1n) is 30.1. The van der Waals surface area contributed by atoms with E-state index < -0.39 is 24.3 Å². The number of allylic oxidation sites excluding steroid dienone is 12. The van der Waals surface area contributed by atoms with Gasteiger partial charge in [-0.05, 0) is 70.6 Å². The number of ether oxygens (including phenoxy) is 4. The predicted octanol–water partition coefficient (Wildman–Crippen LogP) is 16.5. The van der Waals surface area contributed by atoms with Crippen molar-refractivity contribution >= 4 is 17.9 Å². The number of carbonyl (C=O) groups excluding carboxylic acids is 3. The lowest BCUT2D eigenvalue weighted by molar-refractivity contribution is -0.870. The normalized spacial score (nSPS) is 13.3. The van der Waals surface area contributed by atoms with Crippen LogP contribution in [-0.2, 0) is 33.3 Å². The van der Waals surface area contributed by atoms with Crippen LogP contribution in [-0.4, -0.2) is 82.3 Å². The molecule has 0 aliphatic rings. The van der Waals surface area contributed by atoms with Crippen molar-refractivity contribution in [3.8, 4) is 0 Å². The zero-order valence-electron chi connectivity index (χ0n) is 48.0. The Bertz CT molecular complexity index is 1420. The number of carbonyl (C=O) groups is 3. The summed E-state index contributed by atoms with van der Waals surface area (Å²) >= 11 is 0. The van der Waals surface area contributed by atoms with Crippen molar-refractivity contribution in [2.75, 3.05) is 47.5 Å². The Morgan fingerprint density at radius 2 is 0.808 bits per heavy atom. The second-order valence-electron chi connectivity index (χ2n) is 21.3. The second kappa shape index (κ2) is 55.0. The average molecular weight is 1020 g/mol. The smallest absolute Gasteiger partial charge is 0.306 e. The zero-order chi connectivity index (χ0) is 53.4. The standard InChI is InChI=1S/C64H113NO8/c1-6-8-10-12-14-16-18-20-21-22-23-24-25-26-27-28-29-30-31-32-33-34-35-36-37-38-39-40-41-43-44-46-48-50-52-54-61(66)71-58-60(59-72-64(63(68)69)70-57-56-65(3,4)5)73-62(67)55-53-51-49-47-45-42-19-17-15-13-11-9-7-2/h9,11,15,17-18,20,22-23,42,45,49,51,60,64H,6-8,10,12-14,16,19,21,24-41,43-44,46-48,50,52-59H2,1-5H3/b11-9-,17-15-,20-18-,23-22-,45-42-,51-49-. The maximum Gasteiger partial charge on any atom is 0.306 e. The van der Waals surface area contributed by atoms with Crippen molar-refractivity contribution in [3.05, 3.63) is 72.9 Å². The van der Waals surface area contributed by atoms with E-state index in [1.54, 1.807) is 0 Å². The molecule has 0 saturated heterocycles. The summed E-state index contributed by atoms with van der Waals surface area (Å²) < 4.78 is 22.5. The summed E-state index contributed by atoms with van der Waals surface area (Å²) in [6.45, 7) is 4.54. The Balaban J connectivity index is 4.02. The van der Waals surface area contributed by atoms with Gasteiger partial charge in [-0.25, -0.2) is 0 Å². The van der Waals surface area contributed by atoms with Crippen LogP contribution >= 0.6 is 0 Å². The number of hydrogen-bond acceptors (Lipinski definition) is 8. The number of unbranched alkanes of at least 4 members (excludes halogenated alkanes) is 28. The van der Waals surface area contributed by atoms with Crippen molar-refractivity contribution in [2.24, 2.45) is 0 Å². The van der Waals surface area contributed by atoms with Crippen LogP contribution in [0.25, 0.3) is 0 Å². The highest BCUT2D eigenvalue weighted by molar-refractivity contribution is 5.70. The van der Waals surface area contributed by atoms with Crippen LogP contribution in [0, 0.1) is 0 Å². The van der Waals surface area contributed by atoms with Gasteiger partial charge in [0.05, 0.1) is 40.3 Å². The first-order chi connectivity index (χ1) is 35.6. The van der Waals surface area contributed by atoms with Gasteiger partial charge in [0, 0.05) is 12.8 Å². The molecule has 0 spiro atoms. The Hall–Kier alpha value is -3.27. The Morgan fingerprint density at radius 1 is 0.425 bits per heavy atom. The molecule has 0 bridgehead atoms. The summed E-state index contributed by atoms with van der Waals surface area (Å²) in [5.41, 5.74) is 0. The number of esters is 2. The Labute approximate surface area is 449 Å². The maximum absolute atomic E-state index is 12.7. The lowest BCUT2D eigenvalue weighted by Gasteiger charge is -2.26. The van der Waals surface area contributed by atoms with E-state index in [0.29, 0.717) is 17.4 Å². The molecule has 2 atom stereocenters. The molecule has 0 heterocycles. The van der Waals surface area contributed by atoms with E-state index in [1.165, 1.54) is 173 Å².